The highest BCUT2D eigenvalue weighted by Crippen LogP contribution is 2.28. The summed E-state index contributed by atoms with van der Waals surface area (Å²) in [6.07, 6.45) is 0. The molecule has 0 aliphatic heterocycles. The molecule has 0 atom stereocenters. The zero-order valence-corrected chi connectivity index (χ0v) is 15.7. The quantitative estimate of drug-likeness (QED) is 0.543. The van der Waals surface area contributed by atoms with Gasteiger partial charge >= 0.3 is 0 Å². The fourth-order valence-corrected chi connectivity index (χ4v) is 3.92. The van der Waals surface area contributed by atoms with Crippen molar-refractivity contribution in [3.05, 3.63) is 80.7 Å². The van der Waals surface area contributed by atoms with Gasteiger partial charge in [0.15, 0.2) is 0 Å². The Bertz CT molecular complexity index is 1180. The van der Waals surface area contributed by atoms with Crippen LogP contribution >= 0.6 is 11.3 Å². The van der Waals surface area contributed by atoms with Crippen molar-refractivity contribution in [1.29, 1.82) is 0 Å². The number of halogens is 1. The van der Waals surface area contributed by atoms with Crippen molar-refractivity contribution < 1.29 is 9.13 Å². The Morgan fingerprint density at radius 1 is 1.15 bits per heavy atom. The van der Waals surface area contributed by atoms with Crippen LogP contribution < -0.4 is 10.3 Å². The zero-order valence-electron chi connectivity index (χ0n) is 14.9. The topological polar surface area (TPSA) is 55.0 Å². The minimum atomic E-state index is -0.282. The van der Waals surface area contributed by atoms with Gasteiger partial charge in [-0.25, -0.2) is 9.37 Å². The molecular formula is C21H17FN2O2S. The molecule has 2 aromatic carbocycles. The summed E-state index contributed by atoms with van der Waals surface area (Å²) in [5.74, 6) is 0.913. The number of hydrogen-bond acceptors (Lipinski definition) is 4. The van der Waals surface area contributed by atoms with E-state index in [9.17, 15) is 9.18 Å². The maximum atomic E-state index is 13.2. The molecule has 0 saturated carbocycles. The van der Waals surface area contributed by atoms with Crippen molar-refractivity contribution in [3.63, 3.8) is 0 Å². The lowest BCUT2D eigenvalue weighted by molar-refractivity contribution is 0.305. The molecular weight excluding hydrogens is 363 g/mol. The van der Waals surface area contributed by atoms with Crippen LogP contribution in [0.25, 0.3) is 21.6 Å². The third-order valence-electron chi connectivity index (χ3n) is 4.46. The number of H-pyrrole nitrogens is 1. The van der Waals surface area contributed by atoms with Gasteiger partial charge in [-0.3, -0.25) is 4.79 Å². The number of hydrogen-bond donors (Lipinski definition) is 1. The van der Waals surface area contributed by atoms with Gasteiger partial charge in [0, 0.05) is 10.4 Å². The van der Waals surface area contributed by atoms with Crippen LogP contribution in [0.5, 0.6) is 5.75 Å². The number of ether oxygens (including phenoxy) is 1. The molecule has 2 aromatic heterocycles. The number of thiophene rings is 1. The van der Waals surface area contributed by atoms with Crippen molar-refractivity contribution in [2.45, 2.75) is 20.5 Å². The Hall–Kier alpha value is -2.99. The lowest BCUT2D eigenvalue weighted by Gasteiger charge is -2.07. The smallest absolute Gasteiger partial charge is 0.260 e. The molecule has 4 nitrogen and oxygen atoms in total. The molecule has 2 heterocycles. The summed E-state index contributed by atoms with van der Waals surface area (Å²) < 4.78 is 18.9. The number of nitrogens with zero attached hydrogens (tertiary/aromatic N) is 1. The Morgan fingerprint density at radius 2 is 1.93 bits per heavy atom. The van der Waals surface area contributed by atoms with Gasteiger partial charge in [0.2, 0.25) is 0 Å². The van der Waals surface area contributed by atoms with Crippen LogP contribution in [-0.2, 0) is 6.61 Å². The minimum absolute atomic E-state index is 0.122. The third-order valence-corrected chi connectivity index (χ3v) is 5.56. The number of aromatic amines is 1. The lowest BCUT2D eigenvalue weighted by atomic mass is 10.2. The summed E-state index contributed by atoms with van der Waals surface area (Å²) in [6.45, 7) is 4.22. The SMILES string of the molecule is Cc1sc2nc(-c3ccc(OCc4cccc(F)c4)cc3)[nH]c(=O)c2c1C. The van der Waals surface area contributed by atoms with Gasteiger partial charge in [0.1, 0.15) is 28.8 Å². The molecule has 0 fully saturated rings. The van der Waals surface area contributed by atoms with E-state index in [1.807, 2.05) is 44.2 Å². The first-order chi connectivity index (χ1) is 13.0. The maximum Gasteiger partial charge on any atom is 0.260 e. The molecule has 0 radical (unpaired) electrons. The van der Waals surface area contributed by atoms with Crippen molar-refractivity contribution >= 4 is 21.6 Å². The Morgan fingerprint density at radius 3 is 2.67 bits per heavy atom. The van der Waals surface area contributed by atoms with Crippen LogP contribution in [0.2, 0.25) is 0 Å². The molecule has 0 spiro atoms. The van der Waals surface area contributed by atoms with Crippen LogP contribution in [0.15, 0.2) is 53.3 Å². The second kappa shape index (κ2) is 6.96. The maximum absolute atomic E-state index is 13.2. The second-order valence-electron chi connectivity index (χ2n) is 6.32. The number of nitrogens with one attached hydrogen (secondary N) is 1. The van der Waals surface area contributed by atoms with Crippen molar-refractivity contribution in [2.75, 3.05) is 0 Å². The van der Waals surface area contributed by atoms with E-state index in [2.05, 4.69) is 9.97 Å². The van der Waals surface area contributed by atoms with E-state index in [-0.39, 0.29) is 18.0 Å². The average molecular weight is 380 g/mol. The molecule has 6 heteroatoms. The zero-order chi connectivity index (χ0) is 19.0. The van der Waals surface area contributed by atoms with Gasteiger partial charge in [-0.1, -0.05) is 12.1 Å². The molecule has 4 aromatic rings. The minimum Gasteiger partial charge on any atom is -0.489 e. The summed E-state index contributed by atoms with van der Waals surface area (Å²) >= 11 is 1.53. The largest absolute Gasteiger partial charge is 0.489 e. The normalized spacial score (nSPS) is 11.1. The molecule has 0 bridgehead atoms. The van der Waals surface area contributed by atoms with Gasteiger partial charge in [0.25, 0.3) is 5.56 Å². The molecule has 0 unspecified atom stereocenters. The number of fused-ring (bicyclic) bond motifs is 1. The highest BCUT2D eigenvalue weighted by atomic mass is 32.1. The Balaban J connectivity index is 1.57. The van der Waals surface area contributed by atoms with Crippen LogP contribution in [0, 0.1) is 19.7 Å². The molecule has 1 N–H and O–H groups in total. The Kier molecular flexibility index (Phi) is 4.49. The standard InChI is InChI=1S/C21H17FN2O2S/c1-12-13(2)27-21-18(12)20(25)23-19(24-21)15-6-8-17(9-7-15)26-11-14-4-3-5-16(22)10-14/h3-10H,11H2,1-2H3,(H,23,24,25). The van der Waals surface area contributed by atoms with Gasteiger partial charge in [0.05, 0.1) is 5.39 Å². The molecule has 0 amide bonds. The van der Waals surface area contributed by atoms with E-state index in [0.29, 0.717) is 17.0 Å². The summed E-state index contributed by atoms with van der Waals surface area (Å²) in [4.78, 5) is 21.7. The predicted octanol–water partition coefficient (Wildman–Crippen LogP) is 4.99. The molecule has 0 saturated heterocycles. The first kappa shape index (κ1) is 17.4. The van der Waals surface area contributed by atoms with Crippen molar-refractivity contribution in [2.24, 2.45) is 0 Å². The van der Waals surface area contributed by atoms with Crippen LogP contribution in [-0.4, -0.2) is 9.97 Å². The van der Waals surface area contributed by atoms with Crippen LogP contribution in [0.3, 0.4) is 0 Å². The summed E-state index contributed by atoms with van der Waals surface area (Å²) in [7, 11) is 0. The second-order valence-corrected chi connectivity index (χ2v) is 7.52. The van der Waals surface area contributed by atoms with E-state index in [1.54, 1.807) is 6.07 Å². The third kappa shape index (κ3) is 3.48. The predicted molar refractivity (Wildman–Crippen MR) is 106 cm³/mol. The monoisotopic (exact) mass is 380 g/mol. The van der Waals surface area contributed by atoms with E-state index >= 15 is 0 Å². The van der Waals surface area contributed by atoms with Gasteiger partial charge in [-0.05, 0) is 61.4 Å². The highest BCUT2D eigenvalue weighted by Gasteiger charge is 2.12. The Labute approximate surface area is 159 Å². The van der Waals surface area contributed by atoms with E-state index in [0.717, 1.165) is 26.4 Å². The first-order valence-electron chi connectivity index (χ1n) is 8.49. The lowest BCUT2D eigenvalue weighted by Crippen LogP contribution is -2.09. The van der Waals surface area contributed by atoms with Crippen LogP contribution in [0.1, 0.15) is 16.0 Å². The van der Waals surface area contributed by atoms with Crippen LogP contribution in [0.4, 0.5) is 4.39 Å². The number of aromatic nitrogens is 2. The fourth-order valence-electron chi connectivity index (χ4n) is 2.89. The van der Waals surface area contributed by atoms with Gasteiger partial charge in [-0.2, -0.15) is 0 Å². The summed E-state index contributed by atoms with van der Waals surface area (Å²) in [5, 5.41) is 0.663. The van der Waals surface area contributed by atoms with Crippen molar-refractivity contribution in [3.8, 4) is 17.1 Å². The molecule has 27 heavy (non-hydrogen) atoms. The number of rotatable bonds is 4. The van der Waals surface area contributed by atoms with E-state index < -0.39 is 0 Å². The number of aryl methyl sites for hydroxylation is 2. The average Bonchev–Trinajstić information content (AvgIpc) is 2.95. The molecule has 4 rings (SSSR count). The molecule has 136 valence electrons. The van der Waals surface area contributed by atoms with E-state index in [4.69, 9.17) is 4.74 Å². The first-order valence-corrected chi connectivity index (χ1v) is 9.30. The number of benzene rings is 2. The van der Waals surface area contributed by atoms with Gasteiger partial charge in [-0.15, -0.1) is 11.3 Å². The molecule has 0 aliphatic carbocycles. The highest BCUT2D eigenvalue weighted by molar-refractivity contribution is 7.18. The summed E-state index contributed by atoms with van der Waals surface area (Å²) in [6, 6.07) is 13.6. The van der Waals surface area contributed by atoms with Crippen molar-refractivity contribution in [1.82, 2.24) is 9.97 Å². The van der Waals surface area contributed by atoms with E-state index in [1.165, 1.54) is 23.5 Å². The summed E-state index contributed by atoms with van der Waals surface area (Å²) in [5.41, 5.74) is 2.43. The fraction of sp³-hybridized carbons (Fsp3) is 0.143. The molecule has 0 aliphatic rings. The van der Waals surface area contributed by atoms with Gasteiger partial charge < -0.3 is 9.72 Å².